The molecule has 0 amide bonds. The van der Waals surface area contributed by atoms with Crippen molar-refractivity contribution in [3.05, 3.63) is 66.2 Å². The number of benzene rings is 2. The number of carbonyl (C=O) groups is 1. The number of hydrogen-bond donors (Lipinski definition) is 1. The fraction of sp³-hybridized carbons (Fsp3) is 0.381. The van der Waals surface area contributed by atoms with E-state index >= 15 is 0 Å². The summed E-state index contributed by atoms with van der Waals surface area (Å²) >= 11 is 0.0542. The molecule has 2 aromatic carbocycles. The molecule has 2 aromatic rings. The van der Waals surface area contributed by atoms with Gasteiger partial charge in [-0.25, -0.2) is 0 Å². The van der Waals surface area contributed by atoms with Gasteiger partial charge in [-0.3, -0.25) is 0 Å². The van der Waals surface area contributed by atoms with E-state index in [1.807, 2.05) is 76.2 Å². The van der Waals surface area contributed by atoms with Gasteiger partial charge in [0.1, 0.15) is 0 Å². The molecule has 0 fully saturated rings. The third-order valence-electron chi connectivity index (χ3n) is 3.73. The Hall–Kier alpha value is -1.61. The van der Waals surface area contributed by atoms with Crippen molar-refractivity contribution in [2.24, 2.45) is 5.92 Å². The molecule has 0 saturated carbocycles. The van der Waals surface area contributed by atoms with Gasteiger partial charge in [0.25, 0.3) is 0 Å². The summed E-state index contributed by atoms with van der Waals surface area (Å²) in [4.78, 5) is 12.8. The molecule has 0 aromatic heterocycles. The Kier molecular flexibility index (Phi) is 6.83. The summed E-state index contributed by atoms with van der Waals surface area (Å²) in [5.41, 5.74) is 0.166. The molecule has 0 spiro atoms. The van der Waals surface area contributed by atoms with Crippen LogP contribution in [-0.4, -0.2) is 31.6 Å². The number of esters is 1. The zero-order chi connectivity index (χ0) is 18.4. The van der Waals surface area contributed by atoms with E-state index in [9.17, 15) is 9.90 Å². The van der Waals surface area contributed by atoms with Crippen LogP contribution in [0.5, 0.6) is 0 Å². The standard InChI is InChI=1S/C21H26O3Se/c1-15(25-17-13-9-6-10-14-17)18(20(23)24-21(2,3)4)19(22)16-11-7-5-8-12-16/h5-15,18-19,22H,1-4H3/t15-,18+,19+/m1/s1. The second-order valence-corrected chi connectivity index (χ2v) is 10.1. The molecule has 0 aliphatic rings. The molecule has 0 bridgehead atoms. The molecule has 25 heavy (non-hydrogen) atoms. The number of carbonyl (C=O) groups excluding carboxylic acids is 1. The van der Waals surface area contributed by atoms with E-state index in [-0.39, 0.29) is 25.7 Å². The summed E-state index contributed by atoms with van der Waals surface area (Å²) in [5, 5.41) is 10.9. The van der Waals surface area contributed by atoms with Gasteiger partial charge in [-0.15, -0.1) is 0 Å². The van der Waals surface area contributed by atoms with Gasteiger partial charge in [-0.1, -0.05) is 0 Å². The van der Waals surface area contributed by atoms with Crippen molar-refractivity contribution in [2.75, 3.05) is 0 Å². The fourth-order valence-corrected chi connectivity index (χ4v) is 5.00. The van der Waals surface area contributed by atoms with Gasteiger partial charge in [-0.2, -0.15) is 0 Å². The third kappa shape index (κ3) is 6.00. The Bertz CT molecular complexity index is 665. The summed E-state index contributed by atoms with van der Waals surface area (Å²) < 4.78 is 6.82. The van der Waals surface area contributed by atoms with E-state index in [0.717, 1.165) is 5.56 Å². The SMILES string of the molecule is C[C@@H]([Se]c1ccccc1)[C@H](C(=O)OC(C)(C)C)[C@@H](O)c1ccccc1. The third-order valence-corrected chi connectivity index (χ3v) is 6.27. The van der Waals surface area contributed by atoms with Crippen LogP contribution < -0.4 is 4.46 Å². The summed E-state index contributed by atoms with van der Waals surface area (Å²) in [7, 11) is 0. The minimum atomic E-state index is -0.878. The first-order valence-electron chi connectivity index (χ1n) is 8.45. The maximum atomic E-state index is 12.8. The van der Waals surface area contributed by atoms with Crippen LogP contribution in [0.15, 0.2) is 60.7 Å². The monoisotopic (exact) mass is 406 g/mol. The number of rotatable bonds is 6. The Labute approximate surface area is 156 Å². The van der Waals surface area contributed by atoms with Crippen molar-refractivity contribution in [3.63, 3.8) is 0 Å². The molecule has 3 nitrogen and oxygen atoms in total. The summed E-state index contributed by atoms with van der Waals surface area (Å²) in [5.74, 6) is -0.934. The van der Waals surface area contributed by atoms with Crippen LogP contribution in [0, 0.1) is 5.92 Å². The first-order valence-corrected chi connectivity index (χ1v) is 10.3. The summed E-state index contributed by atoms with van der Waals surface area (Å²) in [6, 6.07) is 19.5. The molecule has 0 aliphatic carbocycles. The Balaban J connectivity index is 2.26. The topological polar surface area (TPSA) is 46.5 Å². The van der Waals surface area contributed by atoms with Crippen molar-refractivity contribution in [1.82, 2.24) is 0 Å². The number of aliphatic hydroxyl groups is 1. The van der Waals surface area contributed by atoms with Crippen molar-refractivity contribution < 1.29 is 14.6 Å². The maximum absolute atomic E-state index is 12.8. The number of ether oxygens (including phenoxy) is 1. The molecule has 134 valence electrons. The van der Waals surface area contributed by atoms with Crippen LogP contribution in [0.4, 0.5) is 0 Å². The van der Waals surface area contributed by atoms with Crippen LogP contribution >= 0.6 is 0 Å². The molecule has 2 rings (SSSR count). The average molecular weight is 405 g/mol. The Morgan fingerprint density at radius 2 is 1.52 bits per heavy atom. The Morgan fingerprint density at radius 1 is 1.00 bits per heavy atom. The van der Waals surface area contributed by atoms with E-state index in [1.54, 1.807) is 0 Å². The van der Waals surface area contributed by atoms with E-state index in [2.05, 4.69) is 12.1 Å². The predicted molar refractivity (Wildman–Crippen MR) is 102 cm³/mol. The second kappa shape index (κ2) is 8.66. The van der Waals surface area contributed by atoms with Crippen molar-refractivity contribution in [1.29, 1.82) is 0 Å². The van der Waals surface area contributed by atoms with Crippen LogP contribution in [0.1, 0.15) is 39.4 Å². The molecular weight excluding hydrogens is 379 g/mol. The van der Waals surface area contributed by atoms with Crippen LogP contribution in [0.25, 0.3) is 0 Å². The molecule has 4 heteroatoms. The average Bonchev–Trinajstić information content (AvgIpc) is 2.55. The molecule has 0 radical (unpaired) electrons. The normalized spacial score (nSPS) is 15.2. The summed E-state index contributed by atoms with van der Waals surface area (Å²) in [6.45, 7) is 7.57. The summed E-state index contributed by atoms with van der Waals surface area (Å²) in [6.07, 6.45) is -0.878. The van der Waals surface area contributed by atoms with Gasteiger partial charge >= 0.3 is 156 Å². The van der Waals surface area contributed by atoms with Crippen LogP contribution in [0.2, 0.25) is 4.82 Å². The first-order chi connectivity index (χ1) is 11.8. The van der Waals surface area contributed by atoms with Gasteiger partial charge in [0, 0.05) is 0 Å². The van der Waals surface area contributed by atoms with Crippen LogP contribution in [0.3, 0.4) is 0 Å². The van der Waals surface area contributed by atoms with E-state index < -0.39 is 17.6 Å². The van der Waals surface area contributed by atoms with Gasteiger partial charge in [0.05, 0.1) is 0 Å². The minimum absolute atomic E-state index is 0.0000406. The number of hydrogen-bond acceptors (Lipinski definition) is 3. The molecule has 0 heterocycles. The van der Waals surface area contributed by atoms with E-state index in [1.165, 1.54) is 4.46 Å². The van der Waals surface area contributed by atoms with Gasteiger partial charge < -0.3 is 0 Å². The zero-order valence-electron chi connectivity index (χ0n) is 15.2. The first kappa shape index (κ1) is 19.7. The van der Waals surface area contributed by atoms with Gasteiger partial charge in [0.15, 0.2) is 0 Å². The molecule has 0 saturated heterocycles. The zero-order valence-corrected chi connectivity index (χ0v) is 16.9. The molecule has 0 aliphatic heterocycles. The van der Waals surface area contributed by atoms with Crippen molar-refractivity contribution in [2.45, 2.75) is 44.2 Å². The van der Waals surface area contributed by atoms with Gasteiger partial charge in [-0.05, 0) is 0 Å². The van der Waals surface area contributed by atoms with Gasteiger partial charge in [0.2, 0.25) is 0 Å². The van der Waals surface area contributed by atoms with E-state index in [0.29, 0.717) is 0 Å². The van der Waals surface area contributed by atoms with E-state index in [4.69, 9.17) is 4.74 Å². The number of aliphatic hydroxyl groups excluding tert-OH is 1. The molecule has 0 unspecified atom stereocenters. The molecule has 3 atom stereocenters. The molecule has 1 N–H and O–H groups in total. The fourth-order valence-electron chi connectivity index (χ4n) is 2.59. The quantitative estimate of drug-likeness (QED) is 0.591. The van der Waals surface area contributed by atoms with Crippen molar-refractivity contribution >= 4 is 25.4 Å². The Morgan fingerprint density at radius 3 is 2.04 bits per heavy atom. The predicted octanol–water partition coefficient (Wildman–Crippen LogP) is 3.52. The second-order valence-electron chi connectivity index (χ2n) is 7.05. The van der Waals surface area contributed by atoms with Crippen molar-refractivity contribution in [3.8, 4) is 0 Å². The molecular formula is C21H26O3Se. The van der Waals surface area contributed by atoms with Crippen LogP contribution in [-0.2, 0) is 9.53 Å².